The van der Waals surface area contributed by atoms with Gasteiger partial charge in [-0.2, -0.15) is 0 Å². The highest BCUT2D eigenvalue weighted by molar-refractivity contribution is 5.75. The van der Waals surface area contributed by atoms with Crippen molar-refractivity contribution in [1.82, 2.24) is 15.2 Å². The number of amides is 2. The number of rotatable bonds is 7. The Bertz CT molecular complexity index is 777. The number of pyridine rings is 1. The third-order valence-electron chi connectivity index (χ3n) is 5.40. The van der Waals surface area contributed by atoms with Gasteiger partial charge in [-0.3, -0.25) is 4.98 Å². The Hall–Kier alpha value is -2.40. The number of ether oxygens (including phenoxy) is 1. The predicted octanol–water partition coefficient (Wildman–Crippen LogP) is 4.44. The molecule has 0 saturated carbocycles. The minimum absolute atomic E-state index is 0.0475. The molecule has 1 N–H and O–H groups in total. The van der Waals surface area contributed by atoms with Crippen molar-refractivity contribution in [3.63, 3.8) is 0 Å². The molecule has 1 aliphatic carbocycles. The van der Waals surface area contributed by atoms with E-state index in [-0.39, 0.29) is 12.1 Å². The Labute approximate surface area is 168 Å². The minimum Gasteiger partial charge on any atom is -0.383 e. The summed E-state index contributed by atoms with van der Waals surface area (Å²) < 4.78 is 5.21. The van der Waals surface area contributed by atoms with E-state index in [1.165, 1.54) is 16.7 Å². The Morgan fingerprint density at radius 3 is 2.93 bits per heavy atom. The second-order valence-corrected chi connectivity index (χ2v) is 7.78. The molecule has 2 aromatic rings. The lowest BCUT2D eigenvalue weighted by Crippen LogP contribution is -2.43. The first-order chi connectivity index (χ1) is 13.6. The van der Waals surface area contributed by atoms with Crippen LogP contribution in [-0.2, 0) is 17.7 Å². The molecule has 1 atom stereocenters. The van der Waals surface area contributed by atoms with E-state index in [2.05, 4.69) is 42.3 Å². The molecule has 5 heteroatoms. The summed E-state index contributed by atoms with van der Waals surface area (Å²) in [5.74, 6) is 0.479. The van der Waals surface area contributed by atoms with E-state index in [1.54, 1.807) is 24.4 Å². The van der Waals surface area contributed by atoms with E-state index in [0.29, 0.717) is 25.6 Å². The number of nitrogens with one attached hydrogen (secondary N) is 1. The number of benzene rings is 1. The molecule has 0 bridgehead atoms. The van der Waals surface area contributed by atoms with E-state index in [4.69, 9.17) is 4.74 Å². The fraction of sp³-hybridized carbons (Fsp3) is 0.478. The normalized spacial score (nSPS) is 15.9. The zero-order valence-corrected chi connectivity index (χ0v) is 17.1. The Morgan fingerprint density at radius 2 is 2.21 bits per heavy atom. The number of methoxy groups -OCH3 is 1. The third kappa shape index (κ3) is 5.10. The van der Waals surface area contributed by atoms with Gasteiger partial charge in [-0.1, -0.05) is 38.1 Å². The first-order valence-electron chi connectivity index (χ1n) is 10.1. The summed E-state index contributed by atoms with van der Waals surface area (Å²) in [7, 11) is 1.66. The Kier molecular flexibility index (Phi) is 7.04. The molecule has 1 aromatic carbocycles. The molecule has 0 spiro atoms. The summed E-state index contributed by atoms with van der Waals surface area (Å²) in [5.41, 5.74) is 4.97. The second-order valence-electron chi connectivity index (χ2n) is 7.78. The zero-order chi connectivity index (χ0) is 19.9. The summed E-state index contributed by atoms with van der Waals surface area (Å²) in [6.45, 7) is 5.99. The van der Waals surface area contributed by atoms with Gasteiger partial charge in [0.25, 0.3) is 0 Å². The van der Waals surface area contributed by atoms with Crippen molar-refractivity contribution in [2.24, 2.45) is 0 Å². The van der Waals surface area contributed by atoms with Crippen molar-refractivity contribution in [2.45, 2.75) is 51.6 Å². The smallest absolute Gasteiger partial charge is 0.318 e. The maximum atomic E-state index is 13.1. The van der Waals surface area contributed by atoms with Gasteiger partial charge in [0.05, 0.1) is 12.6 Å². The van der Waals surface area contributed by atoms with E-state index in [9.17, 15) is 4.79 Å². The van der Waals surface area contributed by atoms with Gasteiger partial charge in [0.15, 0.2) is 0 Å². The first kappa shape index (κ1) is 20.3. The third-order valence-corrected chi connectivity index (χ3v) is 5.40. The Balaban J connectivity index is 1.75. The zero-order valence-electron chi connectivity index (χ0n) is 17.1. The Morgan fingerprint density at radius 1 is 1.36 bits per heavy atom. The predicted molar refractivity (Wildman–Crippen MR) is 111 cm³/mol. The fourth-order valence-electron chi connectivity index (χ4n) is 3.73. The molecule has 0 radical (unpaired) electrons. The van der Waals surface area contributed by atoms with Crippen molar-refractivity contribution < 1.29 is 9.53 Å². The van der Waals surface area contributed by atoms with Gasteiger partial charge < -0.3 is 15.0 Å². The number of hydrogen-bond acceptors (Lipinski definition) is 3. The molecule has 2 amide bonds. The average Bonchev–Trinajstić information content (AvgIpc) is 2.71. The SMILES string of the molecule is COCCN(Cc1cccnc1)C(=O)N[C@@H]1CCCc2ccc(C(C)C)cc21. The molecular formula is C23H31N3O2. The molecule has 0 unspecified atom stereocenters. The molecule has 0 saturated heterocycles. The van der Waals surface area contributed by atoms with Crippen LogP contribution in [0.3, 0.4) is 0 Å². The van der Waals surface area contributed by atoms with Crippen molar-refractivity contribution in [1.29, 1.82) is 0 Å². The molecule has 150 valence electrons. The molecule has 1 heterocycles. The van der Waals surface area contributed by atoms with Gasteiger partial charge in [0, 0.05) is 32.6 Å². The lowest BCUT2D eigenvalue weighted by molar-refractivity contribution is 0.144. The van der Waals surface area contributed by atoms with Crippen LogP contribution in [0.25, 0.3) is 0 Å². The van der Waals surface area contributed by atoms with E-state index in [1.807, 2.05) is 12.1 Å². The molecule has 0 fully saturated rings. The van der Waals surface area contributed by atoms with Gasteiger partial charge in [-0.15, -0.1) is 0 Å². The number of urea groups is 1. The average molecular weight is 382 g/mol. The first-order valence-corrected chi connectivity index (χ1v) is 10.1. The van der Waals surface area contributed by atoms with Crippen LogP contribution >= 0.6 is 0 Å². The van der Waals surface area contributed by atoms with Crippen LogP contribution in [0.15, 0.2) is 42.7 Å². The maximum absolute atomic E-state index is 13.1. The molecular weight excluding hydrogens is 350 g/mol. The molecule has 1 aliphatic rings. The number of carbonyl (C=O) groups is 1. The lowest BCUT2D eigenvalue weighted by Gasteiger charge is -2.30. The largest absolute Gasteiger partial charge is 0.383 e. The van der Waals surface area contributed by atoms with Gasteiger partial charge in [0.2, 0.25) is 0 Å². The lowest BCUT2D eigenvalue weighted by atomic mass is 9.85. The van der Waals surface area contributed by atoms with Crippen LogP contribution in [0.4, 0.5) is 4.79 Å². The number of carbonyl (C=O) groups excluding carboxylic acids is 1. The number of fused-ring (bicyclic) bond motifs is 1. The topological polar surface area (TPSA) is 54.5 Å². The second kappa shape index (κ2) is 9.69. The monoisotopic (exact) mass is 381 g/mol. The van der Waals surface area contributed by atoms with Crippen molar-refractivity contribution in [2.75, 3.05) is 20.3 Å². The minimum atomic E-state index is -0.0475. The summed E-state index contributed by atoms with van der Waals surface area (Å²) in [5, 5.41) is 3.28. The van der Waals surface area contributed by atoms with Crippen LogP contribution < -0.4 is 5.32 Å². The summed E-state index contributed by atoms with van der Waals surface area (Å²) >= 11 is 0. The van der Waals surface area contributed by atoms with Crippen LogP contribution in [0.1, 0.15) is 60.9 Å². The number of hydrogen-bond donors (Lipinski definition) is 1. The molecule has 3 rings (SSSR count). The van der Waals surface area contributed by atoms with Crippen LogP contribution in [0, 0.1) is 0 Å². The van der Waals surface area contributed by atoms with E-state index in [0.717, 1.165) is 24.8 Å². The molecule has 28 heavy (non-hydrogen) atoms. The van der Waals surface area contributed by atoms with Crippen molar-refractivity contribution in [3.8, 4) is 0 Å². The summed E-state index contributed by atoms with van der Waals surface area (Å²) in [6.07, 6.45) is 6.71. The number of aryl methyl sites for hydroxylation is 1. The molecule has 5 nitrogen and oxygen atoms in total. The van der Waals surface area contributed by atoms with Gasteiger partial charge in [-0.25, -0.2) is 4.79 Å². The number of aromatic nitrogens is 1. The molecule has 0 aliphatic heterocycles. The van der Waals surface area contributed by atoms with Crippen molar-refractivity contribution >= 4 is 6.03 Å². The fourth-order valence-corrected chi connectivity index (χ4v) is 3.73. The van der Waals surface area contributed by atoms with E-state index < -0.39 is 0 Å². The summed E-state index contributed by atoms with van der Waals surface area (Å²) in [4.78, 5) is 19.1. The summed E-state index contributed by atoms with van der Waals surface area (Å²) in [6, 6.07) is 10.6. The highest BCUT2D eigenvalue weighted by Crippen LogP contribution is 2.32. The van der Waals surface area contributed by atoms with Crippen LogP contribution in [-0.4, -0.2) is 36.2 Å². The van der Waals surface area contributed by atoms with Crippen LogP contribution in [0.5, 0.6) is 0 Å². The highest BCUT2D eigenvalue weighted by Gasteiger charge is 2.24. The van der Waals surface area contributed by atoms with Crippen molar-refractivity contribution in [3.05, 3.63) is 65.0 Å². The van der Waals surface area contributed by atoms with Crippen LogP contribution in [0.2, 0.25) is 0 Å². The van der Waals surface area contributed by atoms with E-state index >= 15 is 0 Å². The number of nitrogens with zero attached hydrogens (tertiary/aromatic N) is 2. The highest BCUT2D eigenvalue weighted by atomic mass is 16.5. The van der Waals surface area contributed by atoms with Gasteiger partial charge in [0.1, 0.15) is 0 Å². The molecule has 1 aromatic heterocycles. The quantitative estimate of drug-likeness (QED) is 0.771. The standard InChI is InChI=1S/C23H31N3O2/c1-17(2)20-10-9-19-7-4-8-22(21(19)14-20)25-23(27)26(12-13-28-3)16-18-6-5-11-24-15-18/h5-6,9-11,14-15,17,22H,4,7-8,12-13,16H2,1-3H3,(H,25,27)/t22-/m1/s1. The van der Waals surface area contributed by atoms with Gasteiger partial charge in [-0.05, 0) is 53.5 Å². The maximum Gasteiger partial charge on any atom is 0.318 e. The van der Waals surface area contributed by atoms with Gasteiger partial charge >= 0.3 is 6.03 Å².